The van der Waals surface area contributed by atoms with Crippen LogP contribution in [0.5, 0.6) is 0 Å². The number of carboxylic acid groups (broad SMARTS) is 1. The van der Waals surface area contributed by atoms with E-state index in [0.29, 0.717) is 43.1 Å². The zero-order chi connectivity index (χ0) is 24.2. The third-order valence-electron chi connectivity index (χ3n) is 6.82. The van der Waals surface area contributed by atoms with Gasteiger partial charge in [0.2, 0.25) is 0 Å². The van der Waals surface area contributed by atoms with E-state index in [2.05, 4.69) is 10.2 Å². The number of aromatic nitrogens is 2. The van der Waals surface area contributed by atoms with Gasteiger partial charge in [0.15, 0.2) is 0 Å². The Hall–Kier alpha value is -4.24. The van der Waals surface area contributed by atoms with Crippen molar-refractivity contribution >= 4 is 45.5 Å². The van der Waals surface area contributed by atoms with Crippen LogP contribution < -0.4 is 9.80 Å². The molecular formula is C26H21FN4O4. The Morgan fingerprint density at radius 2 is 1.69 bits per heavy atom. The van der Waals surface area contributed by atoms with Crippen LogP contribution in [0.4, 0.5) is 27.1 Å². The van der Waals surface area contributed by atoms with E-state index >= 15 is 0 Å². The van der Waals surface area contributed by atoms with E-state index in [1.807, 2.05) is 17.0 Å². The van der Waals surface area contributed by atoms with Crippen molar-refractivity contribution in [3.05, 3.63) is 78.2 Å². The van der Waals surface area contributed by atoms with Gasteiger partial charge in [-0.25, -0.2) is 9.18 Å². The number of amides is 1. The van der Waals surface area contributed by atoms with Crippen LogP contribution in [0.1, 0.15) is 23.2 Å². The highest BCUT2D eigenvalue weighted by Gasteiger charge is 2.53. The number of benzene rings is 3. The van der Waals surface area contributed by atoms with Crippen molar-refractivity contribution in [2.75, 3.05) is 23.0 Å². The fourth-order valence-corrected chi connectivity index (χ4v) is 5.10. The largest absolute Gasteiger partial charge is 0.478 e. The molecule has 3 aromatic carbocycles. The first-order chi connectivity index (χ1) is 17.0. The fourth-order valence-electron chi connectivity index (χ4n) is 5.10. The summed E-state index contributed by atoms with van der Waals surface area (Å²) in [4.78, 5) is 29.5. The summed E-state index contributed by atoms with van der Waals surface area (Å²) in [5.74, 6) is -1.55. The maximum absolute atomic E-state index is 14.4. The third-order valence-corrected chi connectivity index (χ3v) is 6.82. The van der Waals surface area contributed by atoms with Gasteiger partial charge in [-0.2, -0.15) is 5.10 Å². The summed E-state index contributed by atoms with van der Waals surface area (Å²) in [6, 6.07) is 16.2. The van der Waals surface area contributed by atoms with Crippen molar-refractivity contribution < 1.29 is 23.8 Å². The summed E-state index contributed by atoms with van der Waals surface area (Å²) in [7, 11) is 0. The first-order valence-corrected chi connectivity index (χ1v) is 11.3. The molecule has 0 radical (unpaired) electrons. The topological polar surface area (TPSA) is 98.8 Å². The highest BCUT2D eigenvalue weighted by Crippen LogP contribution is 2.51. The summed E-state index contributed by atoms with van der Waals surface area (Å²) < 4.78 is 19.5. The van der Waals surface area contributed by atoms with Crippen molar-refractivity contribution in [2.45, 2.75) is 18.4 Å². The Balaban J connectivity index is 1.62. The van der Waals surface area contributed by atoms with E-state index in [0.717, 1.165) is 16.6 Å². The zero-order valence-corrected chi connectivity index (χ0v) is 18.6. The van der Waals surface area contributed by atoms with E-state index in [4.69, 9.17) is 4.74 Å². The van der Waals surface area contributed by atoms with E-state index in [1.165, 1.54) is 24.3 Å². The molecule has 1 fully saturated rings. The third kappa shape index (κ3) is 3.27. The molecule has 2 aliphatic heterocycles. The number of halogens is 1. The van der Waals surface area contributed by atoms with E-state index in [1.54, 1.807) is 35.4 Å². The van der Waals surface area contributed by atoms with E-state index in [-0.39, 0.29) is 17.3 Å². The lowest BCUT2D eigenvalue weighted by Gasteiger charge is -2.52. The monoisotopic (exact) mass is 472 g/mol. The summed E-state index contributed by atoms with van der Waals surface area (Å²) >= 11 is 0. The predicted octanol–water partition coefficient (Wildman–Crippen LogP) is 4.77. The number of ether oxygens (including phenoxy) is 1. The molecule has 2 aliphatic rings. The number of nitrogens with one attached hydrogen (secondary N) is 1. The number of H-pyrrole nitrogens is 1. The lowest BCUT2D eigenvalue weighted by molar-refractivity contribution is -0.126. The van der Waals surface area contributed by atoms with E-state index < -0.39 is 11.5 Å². The summed E-state index contributed by atoms with van der Waals surface area (Å²) in [5, 5.41) is 17.3. The van der Waals surface area contributed by atoms with Crippen LogP contribution in [0.2, 0.25) is 0 Å². The second-order valence-electron chi connectivity index (χ2n) is 8.75. The van der Waals surface area contributed by atoms with Crippen LogP contribution in [-0.2, 0) is 9.53 Å². The number of carbonyl (C=O) groups is 2. The second kappa shape index (κ2) is 7.92. The smallest absolute Gasteiger partial charge is 0.335 e. The van der Waals surface area contributed by atoms with Gasteiger partial charge in [-0.15, -0.1) is 0 Å². The zero-order valence-electron chi connectivity index (χ0n) is 18.6. The average molecular weight is 472 g/mol. The van der Waals surface area contributed by atoms with Crippen molar-refractivity contribution in [3.8, 4) is 0 Å². The molecule has 2 N–H and O–H groups in total. The number of anilines is 4. The highest BCUT2D eigenvalue weighted by atomic mass is 19.1. The second-order valence-corrected chi connectivity index (χ2v) is 8.75. The number of rotatable bonds is 3. The molecule has 0 unspecified atom stereocenters. The normalized spacial score (nSPS) is 17.1. The van der Waals surface area contributed by atoms with Gasteiger partial charge in [0.25, 0.3) is 5.91 Å². The quantitative estimate of drug-likeness (QED) is 0.446. The van der Waals surface area contributed by atoms with E-state index in [9.17, 15) is 19.1 Å². The molecule has 3 heterocycles. The fraction of sp³-hybridized carbons (Fsp3) is 0.192. The van der Waals surface area contributed by atoms with Crippen molar-refractivity contribution in [3.63, 3.8) is 0 Å². The van der Waals surface area contributed by atoms with Crippen LogP contribution in [-0.4, -0.2) is 45.9 Å². The molecule has 0 aliphatic carbocycles. The Labute approximate surface area is 199 Å². The van der Waals surface area contributed by atoms with Gasteiger partial charge in [-0.1, -0.05) is 0 Å². The molecule has 4 aromatic rings. The highest BCUT2D eigenvalue weighted by molar-refractivity contribution is 6.16. The van der Waals surface area contributed by atoms with Crippen LogP contribution in [0.15, 0.2) is 66.9 Å². The van der Waals surface area contributed by atoms with Gasteiger partial charge in [-0.05, 0) is 60.7 Å². The maximum atomic E-state index is 14.4. The molecule has 1 amide bonds. The first kappa shape index (κ1) is 21.3. The minimum absolute atomic E-state index is 0.135. The van der Waals surface area contributed by atoms with Gasteiger partial charge >= 0.3 is 5.97 Å². The number of nitrogens with zero attached hydrogens (tertiary/aromatic N) is 3. The Bertz CT molecular complexity index is 1440. The molecule has 1 saturated heterocycles. The number of carboxylic acids is 1. The number of hydrogen-bond donors (Lipinski definition) is 2. The van der Waals surface area contributed by atoms with Gasteiger partial charge in [-0.3, -0.25) is 14.8 Å². The average Bonchev–Trinajstić information content (AvgIpc) is 3.33. The van der Waals surface area contributed by atoms with Crippen LogP contribution in [0.3, 0.4) is 0 Å². The number of aromatic carboxylic acids is 1. The summed E-state index contributed by atoms with van der Waals surface area (Å²) in [6.07, 6.45) is 2.60. The van der Waals surface area contributed by atoms with Crippen LogP contribution in [0.25, 0.3) is 10.9 Å². The minimum atomic E-state index is -1.04. The van der Waals surface area contributed by atoms with Crippen LogP contribution in [0, 0.1) is 5.82 Å². The van der Waals surface area contributed by atoms with Gasteiger partial charge < -0.3 is 14.7 Å². The number of carbonyl (C=O) groups excluding carboxylic acids is 1. The minimum Gasteiger partial charge on any atom is -0.478 e. The molecule has 176 valence electrons. The molecule has 8 nitrogen and oxygen atoms in total. The van der Waals surface area contributed by atoms with Crippen LogP contribution >= 0.6 is 0 Å². The number of aromatic amines is 1. The SMILES string of the molecule is O=C(O)c1ccc(N2C(=O)C3(CCOCC3)N(c3ccc(F)cc3)c3cc4cn[nH]c4cc32)cc1. The van der Waals surface area contributed by atoms with Gasteiger partial charge in [0.05, 0.1) is 28.7 Å². The predicted molar refractivity (Wildman–Crippen MR) is 128 cm³/mol. The summed E-state index contributed by atoms with van der Waals surface area (Å²) in [6.45, 7) is 0.803. The molecule has 0 saturated carbocycles. The molecule has 0 atom stereocenters. The van der Waals surface area contributed by atoms with Crippen molar-refractivity contribution in [2.24, 2.45) is 0 Å². The van der Waals surface area contributed by atoms with Gasteiger partial charge in [0, 0.05) is 42.8 Å². The lowest BCUT2D eigenvalue weighted by atomic mass is 9.82. The maximum Gasteiger partial charge on any atom is 0.335 e. The Morgan fingerprint density at radius 3 is 2.37 bits per heavy atom. The number of hydrogen-bond acceptors (Lipinski definition) is 5. The molecular weight excluding hydrogens is 451 g/mol. The van der Waals surface area contributed by atoms with Crippen molar-refractivity contribution in [1.82, 2.24) is 10.2 Å². The van der Waals surface area contributed by atoms with Crippen molar-refractivity contribution in [1.29, 1.82) is 0 Å². The molecule has 6 rings (SSSR count). The standard InChI is InChI=1S/C26H21FN4O4/c27-18-3-7-20(8-4-18)31-23-13-17-15-28-29-21(17)14-22(23)30(19-5-1-16(2-6-19)24(32)33)25(34)26(31)9-11-35-12-10-26/h1-8,13-15H,9-12H2,(H,28,29)(H,32,33). The molecule has 0 bridgehead atoms. The Morgan fingerprint density at radius 1 is 1.00 bits per heavy atom. The first-order valence-electron chi connectivity index (χ1n) is 11.3. The molecule has 1 spiro atoms. The molecule has 35 heavy (non-hydrogen) atoms. The molecule has 1 aromatic heterocycles. The Kier molecular flexibility index (Phi) is 4.82. The van der Waals surface area contributed by atoms with Gasteiger partial charge in [0.1, 0.15) is 11.4 Å². The lowest BCUT2D eigenvalue weighted by Crippen LogP contribution is -2.63. The summed E-state index contributed by atoms with van der Waals surface area (Å²) in [5.41, 5.74) is 2.58. The molecule has 9 heteroatoms. The number of fused-ring (bicyclic) bond motifs is 2.